The Morgan fingerprint density at radius 3 is 2.43 bits per heavy atom. The maximum absolute atomic E-state index is 12.5. The summed E-state index contributed by atoms with van der Waals surface area (Å²) >= 11 is 0. The molecule has 4 bridgehead atoms. The molecule has 1 heterocycles. The molecule has 0 aromatic carbocycles. The number of H-pyrrole nitrogens is 1. The van der Waals surface area contributed by atoms with E-state index in [4.69, 9.17) is 0 Å². The molecular weight excluding hydrogens is 264 g/mol. The van der Waals surface area contributed by atoms with Gasteiger partial charge in [-0.2, -0.15) is 0 Å². The summed E-state index contributed by atoms with van der Waals surface area (Å²) in [7, 11) is 0. The third-order valence-electron chi connectivity index (χ3n) is 5.64. The van der Waals surface area contributed by atoms with Crippen LogP contribution in [0.2, 0.25) is 0 Å². The minimum Gasteiger partial charge on any atom is -0.344 e. The van der Waals surface area contributed by atoms with E-state index in [9.17, 15) is 4.79 Å². The quantitative estimate of drug-likeness (QED) is 0.894. The van der Waals surface area contributed by atoms with Gasteiger partial charge in [0.05, 0.1) is 0 Å². The highest BCUT2D eigenvalue weighted by atomic mass is 16.2. The second-order valence-corrected chi connectivity index (χ2v) is 7.51. The van der Waals surface area contributed by atoms with Crippen LogP contribution in [0.25, 0.3) is 0 Å². The van der Waals surface area contributed by atoms with E-state index in [2.05, 4.69) is 27.4 Å². The molecule has 0 unspecified atom stereocenters. The highest BCUT2D eigenvalue weighted by molar-refractivity contribution is 5.91. The standard InChI is InChI=1S/C16H24N4O/c1-2-3-13-17-14(20-19-13)15(21)18-16-7-10-4-11(8-16)6-12(5-10)9-16/h10-12H,2-9H2,1H3,(H,18,21)(H,17,19,20). The third kappa shape index (κ3) is 2.36. The average molecular weight is 288 g/mol. The zero-order valence-corrected chi connectivity index (χ0v) is 12.7. The summed E-state index contributed by atoms with van der Waals surface area (Å²) < 4.78 is 0. The molecule has 1 aromatic rings. The Labute approximate surface area is 125 Å². The smallest absolute Gasteiger partial charge is 0.291 e. The number of amides is 1. The number of aromatic nitrogens is 3. The van der Waals surface area contributed by atoms with Gasteiger partial charge in [-0.15, -0.1) is 5.10 Å². The first-order valence-corrected chi connectivity index (χ1v) is 8.39. The molecular formula is C16H24N4O. The number of carbonyl (C=O) groups is 1. The molecule has 1 amide bonds. The Kier molecular flexibility index (Phi) is 3.05. The van der Waals surface area contributed by atoms with Gasteiger partial charge in [-0.25, -0.2) is 4.98 Å². The molecule has 2 N–H and O–H groups in total. The Morgan fingerprint density at radius 2 is 1.86 bits per heavy atom. The molecule has 21 heavy (non-hydrogen) atoms. The minimum absolute atomic E-state index is 0.0391. The Morgan fingerprint density at radius 1 is 1.24 bits per heavy atom. The topological polar surface area (TPSA) is 70.7 Å². The second kappa shape index (κ2) is 4.82. The number of aryl methyl sites for hydroxylation is 1. The second-order valence-electron chi connectivity index (χ2n) is 7.51. The summed E-state index contributed by atoms with van der Waals surface area (Å²) in [6.07, 6.45) is 9.50. The molecule has 1 aromatic heterocycles. The zero-order valence-electron chi connectivity index (χ0n) is 12.7. The summed E-state index contributed by atoms with van der Waals surface area (Å²) in [5.74, 6) is 3.54. The van der Waals surface area contributed by atoms with Crippen LogP contribution in [0.15, 0.2) is 0 Å². The first-order valence-electron chi connectivity index (χ1n) is 8.39. The Balaban J connectivity index is 1.48. The largest absolute Gasteiger partial charge is 0.344 e. The minimum atomic E-state index is -0.0875. The summed E-state index contributed by atoms with van der Waals surface area (Å²) in [6.45, 7) is 2.09. The number of aromatic amines is 1. The van der Waals surface area contributed by atoms with Crippen LogP contribution in [0, 0.1) is 17.8 Å². The van der Waals surface area contributed by atoms with Crippen molar-refractivity contribution in [1.29, 1.82) is 0 Å². The van der Waals surface area contributed by atoms with Crippen molar-refractivity contribution in [2.75, 3.05) is 0 Å². The maximum Gasteiger partial charge on any atom is 0.291 e. The number of hydrogen-bond acceptors (Lipinski definition) is 3. The fourth-order valence-corrected chi connectivity index (χ4v) is 5.31. The van der Waals surface area contributed by atoms with Crippen LogP contribution in [-0.4, -0.2) is 26.6 Å². The van der Waals surface area contributed by atoms with Gasteiger partial charge in [0.1, 0.15) is 5.82 Å². The predicted octanol–water partition coefficient (Wildman–Crippen LogP) is 2.46. The van der Waals surface area contributed by atoms with E-state index in [0.29, 0.717) is 5.82 Å². The summed E-state index contributed by atoms with van der Waals surface area (Å²) in [5, 5.41) is 10.3. The first-order chi connectivity index (χ1) is 10.2. The number of nitrogens with one attached hydrogen (secondary N) is 2. The highest BCUT2D eigenvalue weighted by Gasteiger charge is 2.51. The predicted molar refractivity (Wildman–Crippen MR) is 78.7 cm³/mol. The lowest BCUT2D eigenvalue weighted by atomic mass is 9.53. The van der Waals surface area contributed by atoms with Crippen molar-refractivity contribution in [1.82, 2.24) is 20.5 Å². The maximum atomic E-state index is 12.5. The van der Waals surface area contributed by atoms with E-state index < -0.39 is 0 Å². The lowest BCUT2D eigenvalue weighted by Crippen LogP contribution is -2.60. The van der Waals surface area contributed by atoms with Crippen molar-refractivity contribution in [2.24, 2.45) is 17.8 Å². The molecule has 5 heteroatoms. The fourth-order valence-electron chi connectivity index (χ4n) is 5.31. The van der Waals surface area contributed by atoms with Gasteiger partial charge < -0.3 is 5.32 Å². The van der Waals surface area contributed by atoms with Crippen LogP contribution in [0.5, 0.6) is 0 Å². The Hall–Kier alpha value is -1.39. The highest BCUT2D eigenvalue weighted by Crippen LogP contribution is 2.55. The van der Waals surface area contributed by atoms with Crippen molar-refractivity contribution in [2.45, 2.75) is 63.8 Å². The average Bonchev–Trinajstić information content (AvgIpc) is 2.85. The van der Waals surface area contributed by atoms with Crippen molar-refractivity contribution in [3.05, 3.63) is 11.6 Å². The van der Waals surface area contributed by atoms with E-state index in [1.807, 2.05) is 0 Å². The van der Waals surface area contributed by atoms with Crippen LogP contribution >= 0.6 is 0 Å². The van der Waals surface area contributed by atoms with Gasteiger partial charge in [0.15, 0.2) is 0 Å². The zero-order chi connectivity index (χ0) is 14.4. The summed E-state index contributed by atoms with van der Waals surface area (Å²) in [6, 6.07) is 0. The van der Waals surface area contributed by atoms with E-state index in [1.165, 1.54) is 19.3 Å². The van der Waals surface area contributed by atoms with E-state index in [1.54, 1.807) is 0 Å². The van der Waals surface area contributed by atoms with Gasteiger partial charge in [-0.3, -0.25) is 9.89 Å². The van der Waals surface area contributed by atoms with Crippen molar-refractivity contribution < 1.29 is 4.79 Å². The van der Waals surface area contributed by atoms with Crippen LogP contribution < -0.4 is 5.32 Å². The van der Waals surface area contributed by atoms with Gasteiger partial charge in [0.25, 0.3) is 5.91 Å². The van der Waals surface area contributed by atoms with Crippen molar-refractivity contribution in [3.8, 4) is 0 Å². The summed E-state index contributed by atoms with van der Waals surface area (Å²) in [4.78, 5) is 16.8. The molecule has 4 aliphatic rings. The molecule has 4 fully saturated rings. The molecule has 4 aliphatic carbocycles. The number of nitrogens with zero attached hydrogens (tertiary/aromatic N) is 2. The van der Waals surface area contributed by atoms with Gasteiger partial charge in [0.2, 0.25) is 5.82 Å². The summed E-state index contributed by atoms with van der Waals surface area (Å²) in [5.41, 5.74) is 0.0391. The van der Waals surface area contributed by atoms with E-state index in [-0.39, 0.29) is 11.4 Å². The molecule has 5 rings (SSSR count). The molecule has 0 radical (unpaired) electrons. The lowest BCUT2D eigenvalue weighted by molar-refractivity contribution is -0.0168. The molecule has 4 saturated carbocycles. The van der Waals surface area contributed by atoms with Gasteiger partial charge in [-0.1, -0.05) is 6.92 Å². The molecule has 0 aliphatic heterocycles. The lowest BCUT2D eigenvalue weighted by Gasteiger charge is -2.56. The SMILES string of the molecule is CCCc1nc(C(=O)NC23CC4CC(CC(C4)C2)C3)n[nH]1. The number of hydrogen-bond donors (Lipinski definition) is 2. The molecule has 5 nitrogen and oxygen atoms in total. The number of rotatable bonds is 4. The first kappa shape index (κ1) is 13.3. The van der Waals surface area contributed by atoms with E-state index >= 15 is 0 Å². The van der Waals surface area contributed by atoms with E-state index in [0.717, 1.165) is 55.7 Å². The molecule has 114 valence electrons. The van der Waals surface area contributed by atoms with Crippen LogP contribution in [-0.2, 0) is 6.42 Å². The van der Waals surface area contributed by atoms with Crippen molar-refractivity contribution >= 4 is 5.91 Å². The van der Waals surface area contributed by atoms with Gasteiger partial charge in [0, 0.05) is 12.0 Å². The van der Waals surface area contributed by atoms with Crippen LogP contribution in [0.3, 0.4) is 0 Å². The normalized spacial score (nSPS) is 36.9. The van der Waals surface area contributed by atoms with Gasteiger partial charge >= 0.3 is 0 Å². The van der Waals surface area contributed by atoms with Gasteiger partial charge in [-0.05, 0) is 62.7 Å². The fraction of sp³-hybridized carbons (Fsp3) is 0.812. The molecule has 0 saturated heterocycles. The van der Waals surface area contributed by atoms with Crippen molar-refractivity contribution in [3.63, 3.8) is 0 Å². The molecule has 0 atom stereocenters. The number of carbonyl (C=O) groups excluding carboxylic acids is 1. The third-order valence-corrected chi connectivity index (χ3v) is 5.64. The monoisotopic (exact) mass is 288 g/mol. The van der Waals surface area contributed by atoms with Crippen LogP contribution in [0.4, 0.5) is 0 Å². The molecule has 0 spiro atoms. The Bertz CT molecular complexity index is 515. The van der Waals surface area contributed by atoms with Crippen LogP contribution in [0.1, 0.15) is 68.3 Å².